The van der Waals surface area contributed by atoms with Crippen LogP contribution in [-0.4, -0.2) is 0 Å². The van der Waals surface area contributed by atoms with E-state index < -0.39 is 0 Å². The summed E-state index contributed by atoms with van der Waals surface area (Å²) in [4.78, 5) is 2.36. The summed E-state index contributed by atoms with van der Waals surface area (Å²) in [7, 11) is 0. The molecule has 0 fully saturated rings. The van der Waals surface area contributed by atoms with Crippen molar-refractivity contribution in [2.45, 2.75) is 47.0 Å². The number of allylic oxidation sites excluding steroid dienone is 4. The van der Waals surface area contributed by atoms with Gasteiger partial charge in [0.1, 0.15) is 0 Å². The molecule has 0 unspecified atom stereocenters. The van der Waals surface area contributed by atoms with E-state index in [1.54, 1.807) is 0 Å². The molecule has 1 heteroatoms. The van der Waals surface area contributed by atoms with Crippen LogP contribution in [0, 0.1) is 0 Å². The molecule has 0 aromatic heterocycles. The largest absolute Gasteiger partial charge is 0.310 e. The van der Waals surface area contributed by atoms with Gasteiger partial charge in [-0.25, -0.2) is 0 Å². The van der Waals surface area contributed by atoms with Gasteiger partial charge < -0.3 is 4.90 Å². The fraction of sp³-hybridized carbons (Fsp3) is 0.200. The van der Waals surface area contributed by atoms with Crippen molar-refractivity contribution in [1.29, 1.82) is 0 Å². The molecule has 0 amide bonds. The maximum atomic E-state index is 2.38. The molecule has 0 saturated carbocycles. The first-order valence-electron chi connectivity index (χ1n) is 13.0. The van der Waals surface area contributed by atoms with Crippen LogP contribution in [-0.2, 0) is 5.41 Å². The molecule has 182 valence electrons. The van der Waals surface area contributed by atoms with E-state index in [4.69, 9.17) is 0 Å². The van der Waals surface area contributed by atoms with Crippen LogP contribution in [0.3, 0.4) is 0 Å². The lowest BCUT2D eigenvalue weighted by molar-refractivity contribution is 0.659. The molecule has 0 bridgehead atoms. The summed E-state index contributed by atoms with van der Waals surface area (Å²) in [5, 5.41) is 0. The summed E-state index contributed by atoms with van der Waals surface area (Å²) in [6.07, 6.45) is 4.52. The van der Waals surface area contributed by atoms with Gasteiger partial charge in [-0.2, -0.15) is 0 Å². The van der Waals surface area contributed by atoms with Crippen molar-refractivity contribution in [3.63, 3.8) is 0 Å². The van der Waals surface area contributed by atoms with E-state index in [-0.39, 0.29) is 5.41 Å². The van der Waals surface area contributed by atoms with Crippen molar-refractivity contribution in [2.24, 2.45) is 0 Å². The molecule has 1 nitrogen and oxygen atoms in total. The first-order valence-corrected chi connectivity index (χ1v) is 13.0. The van der Waals surface area contributed by atoms with E-state index in [0.29, 0.717) is 0 Å². The Labute approximate surface area is 217 Å². The highest BCUT2D eigenvalue weighted by molar-refractivity contribution is 5.91. The average Bonchev–Trinajstić information content (AvgIpc) is 3.16. The van der Waals surface area contributed by atoms with Crippen LogP contribution in [0.4, 0.5) is 17.1 Å². The second-order valence-corrected chi connectivity index (χ2v) is 9.34. The van der Waals surface area contributed by atoms with Gasteiger partial charge in [0.2, 0.25) is 0 Å². The normalized spacial score (nSPS) is 15.8. The van der Waals surface area contributed by atoms with Gasteiger partial charge in [0.25, 0.3) is 0 Å². The Morgan fingerprint density at radius 3 is 1.69 bits per heavy atom. The highest BCUT2D eigenvalue weighted by atomic mass is 15.1. The van der Waals surface area contributed by atoms with Crippen LogP contribution in [0.2, 0.25) is 0 Å². The molecule has 0 atom stereocenters. The molecule has 4 aromatic carbocycles. The van der Waals surface area contributed by atoms with Crippen LogP contribution in [0.15, 0.2) is 121 Å². The molecule has 0 N–H and O–H groups in total. The number of benzene rings is 4. The minimum atomic E-state index is -0.0263. The van der Waals surface area contributed by atoms with Crippen molar-refractivity contribution < 1.29 is 0 Å². The highest BCUT2D eigenvalue weighted by Crippen LogP contribution is 2.51. The fourth-order valence-electron chi connectivity index (χ4n) is 5.34. The molecule has 0 spiro atoms. The van der Waals surface area contributed by atoms with Gasteiger partial charge >= 0.3 is 0 Å². The smallest absolute Gasteiger partial charge is 0.0465 e. The van der Waals surface area contributed by atoms with E-state index in [2.05, 4.69) is 148 Å². The van der Waals surface area contributed by atoms with Gasteiger partial charge in [0, 0.05) is 22.5 Å². The number of rotatable bonds is 4. The molecule has 0 heterocycles. The molecule has 0 aliphatic heterocycles. The Bertz CT molecular complexity index is 1360. The number of fused-ring (bicyclic) bond motifs is 1. The van der Waals surface area contributed by atoms with Gasteiger partial charge in [-0.05, 0) is 83.6 Å². The monoisotopic (exact) mass is 471 g/mol. The van der Waals surface area contributed by atoms with Crippen molar-refractivity contribution in [3.8, 4) is 11.1 Å². The molecule has 0 saturated heterocycles. The Morgan fingerprint density at radius 2 is 1.11 bits per heavy atom. The van der Waals surface area contributed by atoms with Crippen LogP contribution in [0.5, 0.6) is 0 Å². The van der Waals surface area contributed by atoms with Gasteiger partial charge in [-0.3, -0.25) is 0 Å². The van der Waals surface area contributed by atoms with E-state index in [9.17, 15) is 0 Å². The molecular formula is C35H37N. The van der Waals surface area contributed by atoms with Crippen molar-refractivity contribution in [1.82, 2.24) is 0 Å². The minimum absolute atomic E-state index is 0.0263. The lowest BCUT2D eigenvalue weighted by atomic mass is 9.82. The number of para-hydroxylation sites is 1. The van der Waals surface area contributed by atoms with Crippen LogP contribution < -0.4 is 4.90 Å². The van der Waals surface area contributed by atoms with Gasteiger partial charge in [0.05, 0.1) is 0 Å². The second-order valence-electron chi connectivity index (χ2n) is 9.34. The molecule has 0 radical (unpaired) electrons. The van der Waals surface area contributed by atoms with Crippen molar-refractivity contribution >= 4 is 22.6 Å². The minimum Gasteiger partial charge on any atom is -0.310 e. The zero-order chi connectivity index (χ0) is 25.7. The summed E-state index contributed by atoms with van der Waals surface area (Å²) >= 11 is 0. The van der Waals surface area contributed by atoms with Crippen LogP contribution >= 0.6 is 0 Å². The third-order valence-electron chi connectivity index (χ3n) is 7.01. The number of hydrogen-bond acceptors (Lipinski definition) is 1. The van der Waals surface area contributed by atoms with Gasteiger partial charge in [0.15, 0.2) is 0 Å². The predicted molar refractivity (Wildman–Crippen MR) is 158 cm³/mol. The zero-order valence-electron chi connectivity index (χ0n) is 22.4. The first kappa shape index (κ1) is 25.3. The molecular weight excluding hydrogens is 434 g/mol. The topological polar surface area (TPSA) is 3.24 Å². The third-order valence-corrected chi connectivity index (χ3v) is 7.01. The maximum Gasteiger partial charge on any atom is 0.0465 e. The summed E-state index contributed by atoms with van der Waals surface area (Å²) < 4.78 is 0. The number of hydrogen-bond donors (Lipinski definition) is 0. The molecule has 5 rings (SSSR count). The average molecular weight is 472 g/mol. The van der Waals surface area contributed by atoms with Crippen molar-refractivity contribution in [3.05, 3.63) is 132 Å². The molecule has 4 aromatic rings. The third kappa shape index (κ3) is 4.54. The maximum absolute atomic E-state index is 2.38. The van der Waals surface area contributed by atoms with Crippen LogP contribution in [0.25, 0.3) is 16.7 Å². The van der Waals surface area contributed by atoms with E-state index in [1.165, 1.54) is 39.1 Å². The molecule has 1 aliphatic carbocycles. The lowest BCUT2D eigenvalue weighted by Crippen LogP contribution is -2.16. The van der Waals surface area contributed by atoms with E-state index >= 15 is 0 Å². The Balaban J connectivity index is 0.00000148. The predicted octanol–water partition coefficient (Wildman–Crippen LogP) is 10.5. The SMILES string of the molecule is C/C=C1\C(=C/C)c2ccc(N(c3ccccc3)c3ccc(-c4ccccc4)cc3)cc2C1(C)C.CC. The Kier molecular flexibility index (Phi) is 7.60. The highest BCUT2D eigenvalue weighted by Gasteiger charge is 2.37. The second kappa shape index (κ2) is 10.8. The Hall–Kier alpha value is -3.84. The lowest BCUT2D eigenvalue weighted by Gasteiger charge is -2.28. The number of nitrogens with zero attached hydrogens (tertiary/aromatic N) is 1. The van der Waals surface area contributed by atoms with Gasteiger partial charge in [-0.1, -0.05) is 107 Å². The summed E-state index contributed by atoms with van der Waals surface area (Å²) in [6, 6.07) is 37.0. The number of anilines is 3. The standard InChI is InChI=1S/C33H31N.C2H6/c1-5-29-30-22-21-28(23-32(30)33(3,4)31(29)6-2)34(26-15-11-8-12-16-26)27-19-17-25(18-20-27)24-13-9-7-10-14-24;1-2/h5-23H,1-4H3;1-2H3/b29-5-,31-6+;. The summed E-state index contributed by atoms with van der Waals surface area (Å²) in [6.45, 7) is 13.0. The summed E-state index contributed by atoms with van der Waals surface area (Å²) in [5.74, 6) is 0. The fourth-order valence-corrected chi connectivity index (χ4v) is 5.34. The van der Waals surface area contributed by atoms with Crippen molar-refractivity contribution in [2.75, 3.05) is 4.90 Å². The quantitative estimate of drug-likeness (QED) is 0.286. The van der Waals surface area contributed by atoms with E-state index in [1.807, 2.05) is 13.8 Å². The first-order chi connectivity index (χ1) is 17.5. The van der Waals surface area contributed by atoms with E-state index in [0.717, 1.165) is 11.4 Å². The van der Waals surface area contributed by atoms with Crippen LogP contribution in [0.1, 0.15) is 52.7 Å². The summed E-state index contributed by atoms with van der Waals surface area (Å²) in [5.41, 5.74) is 11.4. The molecule has 36 heavy (non-hydrogen) atoms. The molecule has 1 aliphatic rings. The van der Waals surface area contributed by atoms with Gasteiger partial charge in [-0.15, -0.1) is 0 Å². The zero-order valence-corrected chi connectivity index (χ0v) is 22.4. The Morgan fingerprint density at radius 1 is 0.583 bits per heavy atom.